The summed E-state index contributed by atoms with van der Waals surface area (Å²) in [7, 11) is 0. The second-order valence-corrected chi connectivity index (χ2v) is 6.29. The van der Waals surface area contributed by atoms with Crippen LogP contribution >= 0.6 is 0 Å². The summed E-state index contributed by atoms with van der Waals surface area (Å²) < 4.78 is 5.85. The highest BCUT2D eigenvalue weighted by Gasteiger charge is 2.12. The van der Waals surface area contributed by atoms with E-state index in [4.69, 9.17) is 4.74 Å². The Morgan fingerprint density at radius 1 is 1.08 bits per heavy atom. The predicted octanol–water partition coefficient (Wildman–Crippen LogP) is 3.28. The number of urea groups is 1. The molecule has 0 aliphatic heterocycles. The molecule has 0 aliphatic carbocycles. The fraction of sp³-hybridized carbons (Fsp3) is 0.381. The van der Waals surface area contributed by atoms with Crippen LogP contribution in [0.5, 0.6) is 5.75 Å². The number of ether oxygens (including phenoxy) is 1. The first-order valence-electron chi connectivity index (χ1n) is 8.98. The molecule has 26 heavy (non-hydrogen) atoms. The molecule has 0 heterocycles. The molecule has 0 fully saturated rings. The van der Waals surface area contributed by atoms with Crippen molar-refractivity contribution in [1.29, 1.82) is 0 Å². The van der Waals surface area contributed by atoms with Gasteiger partial charge in [-0.3, -0.25) is 0 Å². The van der Waals surface area contributed by atoms with Crippen LogP contribution in [-0.4, -0.2) is 42.3 Å². The predicted molar refractivity (Wildman–Crippen MR) is 103 cm³/mol. The zero-order valence-electron chi connectivity index (χ0n) is 15.6. The van der Waals surface area contributed by atoms with E-state index in [0.717, 1.165) is 28.9 Å². The van der Waals surface area contributed by atoms with Crippen LogP contribution < -0.4 is 10.1 Å². The second kappa shape index (κ2) is 10.5. The van der Waals surface area contributed by atoms with Crippen LogP contribution in [0.2, 0.25) is 0 Å². The number of nitrogens with zero attached hydrogens (tertiary/aromatic N) is 1. The van der Waals surface area contributed by atoms with Crippen molar-refractivity contribution in [2.24, 2.45) is 0 Å². The molecule has 0 saturated carbocycles. The van der Waals surface area contributed by atoms with Crippen molar-refractivity contribution in [2.45, 2.75) is 26.8 Å². The van der Waals surface area contributed by atoms with Crippen molar-refractivity contribution in [3.8, 4) is 5.75 Å². The molecule has 140 valence electrons. The van der Waals surface area contributed by atoms with Crippen molar-refractivity contribution in [3.05, 3.63) is 65.2 Å². The second-order valence-electron chi connectivity index (χ2n) is 6.29. The number of para-hydroxylation sites is 1. The summed E-state index contributed by atoms with van der Waals surface area (Å²) in [6, 6.07) is 15.7. The SMILES string of the molecule is Cc1cccc(C)c1OCCCNC(=O)N(CCO)Cc1ccccc1. The topological polar surface area (TPSA) is 61.8 Å². The average Bonchev–Trinajstić information content (AvgIpc) is 2.64. The Bertz CT molecular complexity index is 669. The molecular formula is C21H28N2O3. The Labute approximate surface area is 155 Å². The van der Waals surface area contributed by atoms with E-state index < -0.39 is 0 Å². The molecule has 0 spiro atoms. The first-order chi connectivity index (χ1) is 12.6. The zero-order chi connectivity index (χ0) is 18.8. The highest BCUT2D eigenvalue weighted by atomic mass is 16.5. The Kier molecular flexibility index (Phi) is 7.96. The van der Waals surface area contributed by atoms with E-state index in [0.29, 0.717) is 26.2 Å². The molecule has 0 bridgehead atoms. The molecule has 0 atom stereocenters. The lowest BCUT2D eigenvalue weighted by atomic mass is 10.1. The van der Waals surface area contributed by atoms with Crippen LogP contribution in [0.15, 0.2) is 48.5 Å². The van der Waals surface area contributed by atoms with Crippen LogP contribution in [0.3, 0.4) is 0 Å². The first-order valence-corrected chi connectivity index (χ1v) is 8.98. The van der Waals surface area contributed by atoms with Gasteiger partial charge in [0.15, 0.2) is 0 Å². The normalized spacial score (nSPS) is 10.4. The fourth-order valence-corrected chi connectivity index (χ4v) is 2.76. The molecule has 0 radical (unpaired) electrons. The van der Waals surface area contributed by atoms with Gasteiger partial charge in [0.05, 0.1) is 13.2 Å². The largest absolute Gasteiger partial charge is 0.493 e. The molecule has 2 aromatic rings. The summed E-state index contributed by atoms with van der Waals surface area (Å²) in [4.78, 5) is 14.0. The monoisotopic (exact) mass is 356 g/mol. The fourth-order valence-electron chi connectivity index (χ4n) is 2.76. The number of aryl methyl sites for hydroxylation is 2. The van der Waals surface area contributed by atoms with Gasteiger partial charge >= 0.3 is 6.03 Å². The smallest absolute Gasteiger partial charge is 0.317 e. The molecule has 2 amide bonds. The molecule has 0 aromatic heterocycles. The standard InChI is InChI=1S/C21H28N2O3/c1-17-8-6-9-18(2)20(17)26-15-7-12-22-21(25)23(13-14-24)16-19-10-4-3-5-11-19/h3-6,8-11,24H,7,12-16H2,1-2H3,(H,22,25). The molecule has 2 aromatic carbocycles. The van der Waals surface area contributed by atoms with Crippen LogP contribution in [0.1, 0.15) is 23.1 Å². The number of carbonyl (C=O) groups excluding carboxylic acids is 1. The summed E-state index contributed by atoms with van der Waals surface area (Å²) in [6.07, 6.45) is 0.720. The highest BCUT2D eigenvalue weighted by molar-refractivity contribution is 5.74. The highest BCUT2D eigenvalue weighted by Crippen LogP contribution is 2.22. The number of nitrogens with one attached hydrogen (secondary N) is 1. The van der Waals surface area contributed by atoms with Gasteiger partial charge in [-0.1, -0.05) is 48.5 Å². The van der Waals surface area contributed by atoms with E-state index in [1.54, 1.807) is 4.90 Å². The van der Waals surface area contributed by atoms with E-state index in [9.17, 15) is 9.90 Å². The van der Waals surface area contributed by atoms with Crippen molar-refractivity contribution >= 4 is 6.03 Å². The summed E-state index contributed by atoms with van der Waals surface area (Å²) in [6.45, 7) is 5.85. The zero-order valence-corrected chi connectivity index (χ0v) is 15.6. The molecule has 2 rings (SSSR count). The Hall–Kier alpha value is -2.53. The van der Waals surface area contributed by atoms with Gasteiger partial charge < -0.3 is 20.1 Å². The Balaban J connectivity index is 1.75. The summed E-state index contributed by atoms with van der Waals surface area (Å²) in [5.41, 5.74) is 3.27. The number of carbonyl (C=O) groups is 1. The van der Waals surface area contributed by atoms with Gasteiger partial charge in [-0.2, -0.15) is 0 Å². The quantitative estimate of drug-likeness (QED) is 0.678. The van der Waals surface area contributed by atoms with Crippen molar-refractivity contribution in [3.63, 3.8) is 0 Å². The van der Waals surface area contributed by atoms with E-state index in [-0.39, 0.29) is 12.6 Å². The number of hydrogen-bond acceptors (Lipinski definition) is 3. The number of aliphatic hydroxyl groups is 1. The maximum absolute atomic E-state index is 12.3. The number of hydrogen-bond donors (Lipinski definition) is 2. The summed E-state index contributed by atoms with van der Waals surface area (Å²) in [5.74, 6) is 0.921. The minimum atomic E-state index is -0.171. The number of benzene rings is 2. The van der Waals surface area contributed by atoms with Crippen LogP contribution in [-0.2, 0) is 6.54 Å². The van der Waals surface area contributed by atoms with Gasteiger partial charge in [-0.05, 0) is 37.0 Å². The number of rotatable bonds is 9. The van der Waals surface area contributed by atoms with Crippen molar-refractivity contribution in [2.75, 3.05) is 26.3 Å². The minimum absolute atomic E-state index is 0.0596. The average molecular weight is 356 g/mol. The van der Waals surface area contributed by atoms with Gasteiger partial charge in [0.1, 0.15) is 5.75 Å². The summed E-state index contributed by atoms with van der Waals surface area (Å²) >= 11 is 0. The van der Waals surface area contributed by atoms with Gasteiger partial charge in [0.25, 0.3) is 0 Å². The third-order valence-electron chi connectivity index (χ3n) is 4.13. The third kappa shape index (κ3) is 6.08. The third-order valence-corrected chi connectivity index (χ3v) is 4.13. The van der Waals surface area contributed by atoms with E-state index >= 15 is 0 Å². The Morgan fingerprint density at radius 3 is 2.42 bits per heavy atom. The van der Waals surface area contributed by atoms with Crippen molar-refractivity contribution in [1.82, 2.24) is 10.2 Å². The van der Waals surface area contributed by atoms with Crippen LogP contribution in [0.4, 0.5) is 4.79 Å². The Morgan fingerprint density at radius 2 is 1.77 bits per heavy atom. The molecule has 5 heteroatoms. The van der Waals surface area contributed by atoms with Crippen LogP contribution in [0.25, 0.3) is 0 Å². The molecule has 0 saturated heterocycles. The van der Waals surface area contributed by atoms with Gasteiger partial charge in [0, 0.05) is 19.6 Å². The molecular weight excluding hydrogens is 328 g/mol. The van der Waals surface area contributed by atoms with E-state index in [2.05, 4.69) is 5.32 Å². The minimum Gasteiger partial charge on any atom is -0.493 e. The van der Waals surface area contributed by atoms with Crippen molar-refractivity contribution < 1.29 is 14.6 Å². The summed E-state index contributed by atoms with van der Waals surface area (Å²) in [5, 5.41) is 12.1. The lowest BCUT2D eigenvalue weighted by molar-refractivity contribution is 0.173. The maximum Gasteiger partial charge on any atom is 0.317 e. The van der Waals surface area contributed by atoms with Gasteiger partial charge in [-0.25, -0.2) is 4.79 Å². The molecule has 2 N–H and O–H groups in total. The van der Waals surface area contributed by atoms with E-state index in [1.165, 1.54) is 0 Å². The molecule has 0 unspecified atom stereocenters. The first kappa shape index (κ1) is 19.8. The van der Waals surface area contributed by atoms with E-state index in [1.807, 2.05) is 62.4 Å². The lowest BCUT2D eigenvalue weighted by Crippen LogP contribution is -2.41. The number of amides is 2. The maximum atomic E-state index is 12.3. The van der Waals surface area contributed by atoms with Gasteiger partial charge in [0.2, 0.25) is 0 Å². The molecule has 0 aliphatic rings. The lowest BCUT2D eigenvalue weighted by Gasteiger charge is -2.22. The number of aliphatic hydroxyl groups excluding tert-OH is 1. The molecule has 5 nitrogen and oxygen atoms in total. The van der Waals surface area contributed by atoms with Crippen LogP contribution in [0, 0.1) is 13.8 Å². The van der Waals surface area contributed by atoms with Gasteiger partial charge in [-0.15, -0.1) is 0 Å².